The number of nitrogens with one attached hydrogen (secondary N) is 1. The van der Waals surface area contributed by atoms with E-state index in [9.17, 15) is 8.42 Å². The van der Waals surface area contributed by atoms with E-state index in [2.05, 4.69) is 11.9 Å². The molecule has 0 saturated carbocycles. The van der Waals surface area contributed by atoms with Gasteiger partial charge >= 0.3 is 0 Å². The van der Waals surface area contributed by atoms with E-state index in [0.717, 1.165) is 16.9 Å². The van der Waals surface area contributed by atoms with Crippen LogP contribution in [0.5, 0.6) is 0 Å². The van der Waals surface area contributed by atoms with Crippen molar-refractivity contribution in [3.05, 3.63) is 36.0 Å². The van der Waals surface area contributed by atoms with E-state index in [1.165, 1.54) is 12.1 Å². The van der Waals surface area contributed by atoms with Gasteiger partial charge in [-0.15, -0.1) is 0 Å². The Morgan fingerprint density at radius 3 is 2.56 bits per heavy atom. The van der Waals surface area contributed by atoms with Gasteiger partial charge in [-0.05, 0) is 23.8 Å². The molecule has 16 heavy (non-hydrogen) atoms. The second-order valence-electron chi connectivity index (χ2n) is 4.41. The fourth-order valence-corrected chi connectivity index (χ4v) is 2.30. The topological polar surface area (TPSA) is 66.4 Å². The minimum atomic E-state index is -4.15. The van der Waals surface area contributed by atoms with Gasteiger partial charge in [-0.2, -0.15) is 8.42 Å². The molecule has 1 aromatic rings. The molecule has 0 aromatic heterocycles. The van der Waals surface area contributed by atoms with Crippen LogP contribution in [-0.2, 0) is 15.5 Å². The quantitative estimate of drug-likeness (QED) is 0.737. The van der Waals surface area contributed by atoms with Crippen molar-refractivity contribution in [3.8, 4) is 0 Å². The second kappa shape index (κ2) is 3.09. The Labute approximate surface area is 94.7 Å². The van der Waals surface area contributed by atoms with Crippen LogP contribution in [0.2, 0.25) is 0 Å². The summed E-state index contributed by atoms with van der Waals surface area (Å²) >= 11 is 0. The lowest BCUT2D eigenvalue weighted by atomic mass is 9.85. The Morgan fingerprint density at radius 1 is 1.38 bits per heavy atom. The molecule has 86 valence electrons. The van der Waals surface area contributed by atoms with Gasteiger partial charge in [0.1, 0.15) is 0 Å². The van der Waals surface area contributed by atoms with Crippen molar-refractivity contribution in [2.24, 2.45) is 0 Å². The summed E-state index contributed by atoms with van der Waals surface area (Å²) in [6.45, 7) is 7.78. The van der Waals surface area contributed by atoms with Gasteiger partial charge in [-0.25, -0.2) is 0 Å². The predicted octanol–water partition coefficient (Wildman–Crippen LogP) is 2.15. The van der Waals surface area contributed by atoms with Gasteiger partial charge in [0.2, 0.25) is 0 Å². The molecule has 1 aliphatic rings. The Balaban J connectivity index is 2.66. The predicted molar refractivity (Wildman–Crippen MR) is 62.0 cm³/mol. The molecule has 2 N–H and O–H groups in total. The Morgan fingerprint density at radius 2 is 2.00 bits per heavy atom. The minimum Gasteiger partial charge on any atom is -0.358 e. The Kier molecular flexibility index (Phi) is 2.15. The molecule has 5 heteroatoms. The number of benzene rings is 1. The van der Waals surface area contributed by atoms with Gasteiger partial charge in [0, 0.05) is 16.8 Å². The molecule has 4 nitrogen and oxygen atoms in total. The van der Waals surface area contributed by atoms with Crippen LogP contribution in [-0.4, -0.2) is 13.0 Å². The van der Waals surface area contributed by atoms with Crippen molar-refractivity contribution in [1.82, 2.24) is 0 Å². The highest BCUT2D eigenvalue weighted by Crippen LogP contribution is 2.43. The number of rotatable bonds is 1. The highest BCUT2D eigenvalue weighted by Gasteiger charge is 2.34. The van der Waals surface area contributed by atoms with Gasteiger partial charge in [0.15, 0.2) is 0 Å². The van der Waals surface area contributed by atoms with Crippen LogP contribution in [0.15, 0.2) is 35.4 Å². The zero-order valence-corrected chi connectivity index (χ0v) is 9.93. The third kappa shape index (κ3) is 1.52. The van der Waals surface area contributed by atoms with E-state index in [0.29, 0.717) is 0 Å². The fraction of sp³-hybridized carbons (Fsp3) is 0.273. The van der Waals surface area contributed by atoms with Crippen molar-refractivity contribution in [1.29, 1.82) is 0 Å². The summed E-state index contributed by atoms with van der Waals surface area (Å²) in [5.74, 6) is 0. The number of fused-ring (bicyclic) bond motifs is 1. The molecular formula is C11H13NO3S. The van der Waals surface area contributed by atoms with E-state index < -0.39 is 10.1 Å². The molecular weight excluding hydrogens is 226 g/mol. The van der Waals surface area contributed by atoms with E-state index in [4.69, 9.17) is 4.55 Å². The average Bonchev–Trinajstić information content (AvgIpc) is 2.37. The van der Waals surface area contributed by atoms with Crippen LogP contribution < -0.4 is 5.32 Å². The number of hydrogen-bond acceptors (Lipinski definition) is 3. The van der Waals surface area contributed by atoms with E-state index >= 15 is 0 Å². The lowest BCUT2D eigenvalue weighted by molar-refractivity contribution is 0.483. The molecule has 0 atom stereocenters. The normalized spacial score (nSPS) is 18.1. The van der Waals surface area contributed by atoms with E-state index in [1.54, 1.807) is 6.07 Å². The Bertz CT molecular complexity index is 573. The third-order valence-corrected chi connectivity index (χ3v) is 3.85. The third-order valence-electron chi connectivity index (χ3n) is 3.00. The molecule has 2 rings (SSSR count). The van der Waals surface area contributed by atoms with Crippen molar-refractivity contribution < 1.29 is 13.0 Å². The zero-order chi connectivity index (χ0) is 12.1. The van der Waals surface area contributed by atoms with Gasteiger partial charge in [-0.3, -0.25) is 4.55 Å². The van der Waals surface area contributed by atoms with Crippen molar-refractivity contribution in [2.75, 3.05) is 5.32 Å². The highest BCUT2D eigenvalue weighted by molar-refractivity contribution is 7.85. The first kappa shape index (κ1) is 11.2. The fourth-order valence-electron chi connectivity index (χ4n) is 1.79. The molecule has 1 aromatic carbocycles. The summed E-state index contributed by atoms with van der Waals surface area (Å²) in [7, 11) is -4.15. The zero-order valence-electron chi connectivity index (χ0n) is 9.11. The minimum absolute atomic E-state index is 0.0872. The number of anilines is 1. The lowest BCUT2D eigenvalue weighted by Crippen LogP contribution is -2.16. The monoisotopic (exact) mass is 239 g/mol. The van der Waals surface area contributed by atoms with Crippen LogP contribution in [0, 0.1) is 0 Å². The van der Waals surface area contributed by atoms with Crippen LogP contribution in [0.25, 0.3) is 0 Å². The molecule has 0 radical (unpaired) electrons. The maximum absolute atomic E-state index is 11.0. The molecule has 1 aliphatic heterocycles. The summed E-state index contributed by atoms with van der Waals surface area (Å²) in [6.07, 6.45) is 0. The van der Waals surface area contributed by atoms with Crippen molar-refractivity contribution >= 4 is 15.8 Å². The van der Waals surface area contributed by atoms with Gasteiger partial charge in [0.25, 0.3) is 10.1 Å². The smallest absolute Gasteiger partial charge is 0.294 e. The van der Waals surface area contributed by atoms with E-state index in [-0.39, 0.29) is 10.3 Å². The lowest BCUT2D eigenvalue weighted by Gasteiger charge is -2.19. The highest BCUT2D eigenvalue weighted by atomic mass is 32.2. The summed E-state index contributed by atoms with van der Waals surface area (Å²) in [5.41, 5.74) is 2.14. The maximum atomic E-state index is 11.0. The van der Waals surface area contributed by atoms with Crippen LogP contribution in [0.1, 0.15) is 19.4 Å². The molecule has 0 saturated heterocycles. The molecule has 0 fully saturated rings. The maximum Gasteiger partial charge on any atom is 0.294 e. The van der Waals surface area contributed by atoms with Gasteiger partial charge in [-0.1, -0.05) is 20.4 Å². The van der Waals surface area contributed by atoms with Crippen LogP contribution in [0.3, 0.4) is 0 Å². The first-order valence-corrected chi connectivity index (χ1v) is 6.25. The molecule has 0 aliphatic carbocycles. The second-order valence-corrected chi connectivity index (χ2v) is 5.83. The molecule has 0 unspecified atom stereocenters. The summed E-state index contributed by atoms with van der Waals surface area (Å²) in [5, 5.41) is 3.10. The molecule has 0 amide bonds. The molecule has 0 bridgehead atoms. The van der Waals surface area contributed by atoms with E-state index in [1.807, 2.05) is 13.8 Å². The SMILES string of the molecule is C=C1Nc2ccc(S(=O)(=O)O)cc2C1(C)C. The number of allylic oxidation sites excluding steroid dienone is 1. The standard InChI is InChI=1S/C11H13NO3S/c1-7-11(2,3)9-6-8(16(13,14)15)4-5-10(9)12-7/h4-6,12H,1H2,2-3H3,(H,13,14,15). The average molecular weight is 239 g/mol. The Hall–Kier alpha value is -1.33. The van der Waals surface area contributed by atoms with Crippen LogP contribution in [0.4, 0.5) is 5.69 Å². The molecule has 0 spiro atoms. The summed E-state index contributed by atoms with van der Waals surface area (Å²) < 4.78 is 31.1. The van der Waals surface area contributed by atoms with Crippen molar-refractivity contribution in [3.63, 3.8) is 0 Å². The van der Waals surface area contributed by atoms with Crippen LogP contribution >= 0.6 is 0 Å². The summed E-state index contributed by atoms with van der Waals surface area (Å²) in [4.78, 5) is -0.0872. The molecule has 1 heterocycles. The first-order chi connectivity index (χ1) is 7.23. The number of hydrogen-bond donors (Lipinski definition) is 2. The van der Waals surface area contributed by atoms with Gasteiger partial charge in [0.05, 0.1) is 4.90 Å². The first-order valence-electron chi connectivity index (χ1n) is 4.81. The van der Waals surface area contributed by atoms with Gasteiger partial charge < -0.3 is 5.32 Å². The largest absolute Gasteiger partial charge is 0.358 e. The summed E-state index contributed by atoms with van der Waals surface area (Å²) in [6, 6.07) is 4.49. The van der Waals surface area contributed by atoms with Crippen molar-refractivity contribution in [2.45, 2.75) is 24.2 Å².